The second kappa shape index (κ2) is 17.3. The Balaban J connectivity index is -0.00000144. The summed E-state index contributed by atoms with van der Waals surface area (Å²) in [7, 11) is 1.30. The molecule has 14 heteroatoms. The molecule has 0 saturated carbocycles. The average Bonchev–Trinajstić information content (AvgIpc) is 2.54. The first kappa shape index (κ1) is 35.4. The molecule has 2 heterocycles. The van der Waals surface area contributed by atoms with Crippen molar-refractivity contribution in [2.24, 2.45) is 0 Å². The van der Waals surface area contributed by atoms with Crippen LogP contribution in [0.4, 0.5) is 0 Å². The second-order valence-corrected chi connectivity index (χ2v) is 4.94. The van der Waals surface area contributed by atoms with Gasteiger partial charge in [-0.25, -0.2) is 4.98 Å². The molecular weight excluding hydrogens is 1220 g/mol. The Morgan fingerprint density at radius 2 is 1.81 bits per heavy atom. The number of ether oxygens (including phenoxy) is 2. The van der Waals surface area contributed by atoms with Crippen molar-refractivity contribution in [1.82, 2.24) is 10.3 Å². The fraction of sp³-hybridized carbons (Fsp3) is 0.538. The van der Waals surface area contributed by atoms with Gasteiger partial charge in [-0.3, -0.25) is 4.79 Å². The van der Waals surface area contributed by atoms with Crippen LogP contribution in [0.1, 0.15) is 10.5 Å². The summed E-state index contributed by atoms with van der Waals surface area (Å²) in [4.78, 5) is 15.9. The van der Waals surface area contributed by atoms with Crippen LogP contribution in [0.5, 0.6) is 11.5 Å². The maximum Gasteiger partial charge on any atom is 0.274 e. The van der Waals surface area contributed by atoms with Crippen LogP contribution in [0.3, 0.4) is 0 Å². The van der Waals surface area contributed by atoms with Crippen molar-refractivity contribution in [3.63, 3.8) is 0 Å². The molecule has 4 unspecified atom stereocenters. The van der Waals surface area contributed by atoms with Gasteiger partial charge in [-0.15, -0.1) is 0 Å². The molecule has 0 aromatic carbocycles. The molecule has 1 saturated heterocycles. The van der Waals surface area contributed by atoms with E-state index in [1.807, 2.05) is 0 Å². The van der Waals surface area contributed by atoms with Gasteiger partial charge in [0, 0.05) is 189 Å². The summed E-state index contributed by atoms with van der Waals surface area (Å²) in [5.74, 6) is -1.41. The number of nitrogens with zero attached hydrogens (tertiary/aromatic N) is 1. The summed E-state index contributed by atoms with van der Waals surface area (Å²) in [5.41, 5.74) is -0.387. The van der Waals surface area contributed by atoms with Crippen LogP contribution in [0.25, 0.3) is 0 Å². The monoisotopic (exact) mass is 1240 g/mol. The van der Waals surface area contributed by atoms with E-state index in [1.165, 1.54) is 19.4 Å². The van der Waals surface area contributed by atoms with Crippen LogP contribution < -0.4 is 10.1 Å². The Morgan fingerprint density at radius 3 is 2.33 bits per heavy atom. The van der Waals surface area contributed by atoms with Gasteiger partial charge in [0.1, 0.15) is 24.4 Å². The van der Waals surface area contributed by atoms with E-state index in [4.69, 9.17) is 14.6 Å². The number of aliphatic hydroxyl groups is 4. The number of hydrogen-bond donors (Lipinski definition) is 6. The first-order valence-corrected chi connectivity index (χ1v) is 6.74. The molecule has 140 valence electrons. The standard InChI is InChI=1S/C13H18N2O8.4Ac/c1-22-5-2-3-14-7(9(5)17)12(20)15-8-11(19)10(18)6(4-16)23-13(8)21;;;;/h2-3,6,8,10-11,13,16-19,21H,4H2,1H3,(H,15,20);;;;/t6-,8?,10?,11?,13?;;;;/m1..../s1. The minimum atomic E-state index is -1.66. The zero-order chi connectivity index (χ0) is 17.1. The van der Waals surface area contributed by atoms with Crippen molar-refractivity contribution in [3.8, 4) is 11.5 Å². The van der Waals surface area contributed by atoms with Gasteiger partial charge < -0.3 is 40.3 Å². The number of aromatic nitrogens is 1. The van der Waals surface area contributed by atoms with Crippen molar-refractivity contribution in [3.05, 3.63) is 18.0 Å². The van der Waals surface area contributed by atoms with Gasteiger partial charge in [0.05, 0.1) is 13.7 Å². The van der Waals surface area contributed by atoms with E-state index in [0.717, 1.165) is 0 Å². The number of aliphatic hydroxyl groups excluding tert-OH is 4. The van der Waals surface area contributed by atoms with Crippen LogP contribution in [-0.2, 0) is 4.74 Å². The molecule has 1 aromatic rings. The largest absolute Gasteiger partial charge is 0.503 e. The molecule has 0 spiro atoms. The third-order valence-corrected chi connectivity index (χ3v) is 3.52. The van der Waals surface area contributed by atoms with Crippen molar-refractivity contribution in [1.29, 1.82) is 0 Å². The second-order valence-electron chi connectivity index (χ2n) is 4.94. The fourth-order valence-electron chi connectivity index (χ4n) is 2.24. The molecule has 1 fully saturated rings. The van der Waals surface area contributed by atoms with Gasteiger partial charge in [0.25, 0.3) is 5.91 Å². The number of carbonyl (C=O) groups excluding carboxylic acids is 1. The number of aromatic hydroxyl groups is 1. The maximum absolute atomic E-state index is 12.2. The number of rotatable bonds is 4. The van der Waals surface area contributed by atoms with E-state index in [0.29, 0.717) is 0 Å². The van der Waals surface area contributed by atoms with Crippen molar-refractivity contribution in [2.75, 3.05) is 13.7 Å². The minimum absolute atomic E-state index is 0. The van der Waals surface area contributed by atoms with E-state index in [1.54, 1.807) is 0 Å². The average molecular weight is 1240 g/mol. The summed E-state index contributed by atoms with van der Waals surface area (Å²) < 4.78 is 9.77. The molecule has 6 N–H and O–H groups in total. The summed E-state index contributed by atoms with van der Waals surface area (Å²) in [6, 6.07) is -0.0394. The molecule has 0 aliphatic carbocycles. The van der Waals surface area contributed by atoms with Crippen molar-refractivity contribution >= 4 is 5.91 Å². The normalized spacial score (nSPS) is 26.2. The van der Waals surface area contributed by atoms with Gasteiger partial charge in [-0.1, -0.05) is 0 Å². The van der Waals surface area contributed by atoms with E-state index in [-0.39, 0.29) is 188 Å². The fourth-order valence-corrected chi connectivity index (χ4v) is 2.24. The smallest absolute Gasteiger partial charge is 0.274 e. The first-order valence-electron chi connectivity index (χ1n) is 6.74. The number of methoxy groups -OCH3 is 1. The Bertz CT molecular complexity index is 585. The van der Waals surface area contributed by atoms with E-state index in [2.05, 4.69) is 10.3 Å². The van der Waals surface area contributed by atoms with Crippen LogP contribution in [0.2, 0.25) is 0 Å². The minimum Gasteiger partial charge on any atom is -0.503 e. The van der Waals surface area contributed by atoms with E-state index >= 15 is 0 Å². The molecule has 1 aromatic heterocycles. The molecule has 27 heavy (non-hydrogen) atoms. The molecule has 5 atom stereocenters. The number of carbonyl (C=O) groups is 1. The zero-order valence-electron chi connectivity index (χ0n) is 14.5. The summed E-state index contributed by atoms with van der Waals surface area (Å²) in [6.07, 6.45) is -4.72. The third-order valence-electron chi connectivity index (χ3n) is 3.52. The third kappa shape index (κ3) is 9.28. The maximum atomic E-state index is 12.2. The first-order chi connectivity index (χ1) is 10.9. The predicted molar refractivity (Wildman–Crippen MR) is 73.7 cm³/mol. The van der Waals surface area contributed by atoms with Crippen molar-refractivity contribution < 1.29 is 216 Å². The van der Waals surface area contributed by atoms with Gasteiger partial charge in [-0.2, -0.15) is 0 Å². The van der Waals surface area contributed by atoms with Crippen LogP contribution >= 0.6 is 0 Å². The number of pyridine rings is 1. The quantitative estimate of drug-likeness (QED) is 0.189. The Morgan fingerprint density at radius 1 is 1.22 bits per heavy atom. The molecule has 1 amide bonds. The summed E-state index contributed by atoms with van der Waals surface area (Å²) in [6.45, 7) is -0.617. The van der Waals surface area contributed by atoms with Gasteiger partial charge in [-0.05, 0) is 0 Å². The molecule has 10 nitrogen and oxygen atoms in total. The topological polar surface area (TPSA) is 162 Å². The van der Waals surface area contributed by atoms with Gasteiger partial charge in [0.15, 0.2) is 23.5 Å². The predicted octanol–water partition coefficient (Wildman–Crippen LogP) is -2.67. The van der Waals surface area contributed by atoms with Gasteiger partial charge >= 0.3 is 0 Å². The summed E-state index contributed by atoms with van der Waals surface area (Å²) in [5, 5.41) is 50.6. The molecule has 0 bridgehead atoms. The molecule has 2 rings (SSSR count). The Kier molecular flexibility index (Phi) is 22.7. The zero-order valence-corrected chi connectivity index (χ0v) is 33.4. The molecule has 1 aliphatic heterocycles. The van der Waals surface area contributed by atoms with Gasteiger partial charge in [0.2, 0.25) is 0 Å². The molecule has 1 aliphatic rings. The van der Waals surface area contributed by atoms with E-state index < -0.39 is 48.9 Å². The van der Waals surface area contributed by atoms with Crippen LogP contribution in [0, 0.1) is 176 Å². The summed E-state index contributed by atoms with van der Waals surface area (Å²) >= 11 is 0. The van der Waals surface area contributed by atoms with Crippen molar-refractivity contribution in [2.45, 2.75) is 30.6 Å². The Labute approximate surface area is 299 Å². The SMILES string of the molecule is COc1ccnc(C(=O)NC2C(O)O[C@H](CO)C(O)C2O)c1O.[Ac].[Ac].[Ac].[Ac]. The molecular formula is C13H18Ac4N2O8. The molecule has 4 radical (unpaired) electrons. The number of nitrogens with one attached hydrogen (secondary N) is 1. The van der Waals surface area contributed by atoms with Crippen LogP contribution in [0.15, 0.2) is 12.3 Å². The van der Waals surface area contributed by atoms with Crippen LogP contribution in [-0.4, -0.2) is 80.8 Å². The number of hydrogen-bond acceptors (Lipinski definition) is 9. The Hall–Kier alpha value is 3.79. The number of amides is 1. The van der Waals surface area contributed by atoms with E-state index in [9.17, 15) is 25.2 Å².